The summed E-state index contributed by atoms with van der Waals surface area (Å²) in [4.78, 5) is 3.82. The highest BCUT2D eigenvalue weighted by molar-refractivity contribution is 6.34. The molecule has 3 rings (SSSR count). The van der Waals surface area contributed by atoms with Crippen molar-refractivity contribution in [3.63, 3.8) is 0 Å². The van der Waals surface area contributed by atoms with E-state index in [0.717, 1.165) is 12.1 Å². The first-order valence-corrected chi connectivity index (χ1v) is 8.34. The molecule has 0 radical (unpaired) electrons. The van der Waals surface area contributed by atoms with Gasteiger partial charge in [-0.15, -0.1) is 0 Å². The third-order valence-corrected chi connectivity index (χ3v) is 4.26. The fraction of sp³-hybridized carbons (Fsp3) is 0.111. The molecule has 0 aliphatic carbocycles. The maximum absolute atomic E-state index is 13.6. The Morgan fingerprint density at radius 3 is 2.15 bits per heavy atom. The first-order chi connectivity index (χ1) is 12.7. The second-order valence-electron chi connectivity index (χ2n) is 5.69. The van der Waals surface area contributed by atoms with Gasteiger partial charge in [-0.2, -0.15) is 18.3 Å². The Morgan fingerprint density at radius 1 is 1.00 bits per heavy atom. The van der Waals surface area contributed by atoms with Gasteiger partial charge in [0.2, 0.25) is 5.60 Å². The van der Waals surface area contributed by atoms with Crippen LogP contribution in [0.4, 0.5) is 13.2 Å². The first kappa shape index (κ1) is 19.4. The third kappa shape index (κ3) is 4.16. The van der Waals surface area contributed by atoms with E-state index in [0.29, 0.717) is 17.3 Å². The Kier molecular flexibility index (Phi) is 5.28. The molecule has 0 spiro atoms. The molecule has 0 amide bonds. The number of benzene rings is 2. The van der Waals surface area contributed by atoms with Gasteiger partial charge in [-0.05, 0) is 47.5 Å². The molecule has 0 bridgehead atoms. The van der Waals surface area contributed by atoms with Crippen LogP contribution in [0, 0.1) is 0 Å². The van der Waals surface area contributed by atoms with Crippen molar-refractivity contribution in [2.45, 2.75) is 11.8 Å². The summed E-state index contributed by atoms with van der Waals surface area (Å²) in [6.45, 7) is 0. The van der Waals surface area contributed by atoms with Crippen LogP contribution in [0.1, 0.15) is 11.1 Å². The average Bonchev–Trinajstić information content (AvgIpc) is 3.13. The van der Waals surface area contributed by atoms with Crippen LogP contribution >= 0.6 is 23.2 Å². The van der Waals surface area contributed by atoms with Gasteiger partial charge in [0, 0.05) is 10.0 Å². The molecule has 0 saturated heterocycles. The zero-order valence-electron chi connectivity index (χ0n) is 13.5. The number of hydrogen-bond acceptors (Lipinski definition) is 3. The molecule has 2 aromatic carbocycles. The van der Waals surface area contributed by atoms with E-state index in [-0.39, 0.29) is 10.0 Å². The normalized spacial score (nSPS) is 14.4. The highest BCUT2D eigenvalue weighted by atomic mass is 35.5. The number of nitrogens with zero attached hydrogens (tertiary/aromatic N) is 3. The molecule has 0 aliphatic rings. The molecule has 140 valence electrons. The molecule has 27 heavy (non-hydrogen) atoms. The summed E-state index contributed by atoms with van der Waals surface area (Å²) >= 11 is 11.6. The standard InChI is InChI=1S/C18H12Cl2F3N3O/c19-14-7-13(8-15(20)9-14)17(27,18(21,22)23)6-5-12-1-3-16(4-2-12)26-11-24-10-25-26/h1-11,27H. The summed E-state index contributed by atoms with van der Waals surface area (Å²) < 4.78 is 42.3. The highest BCUT2D eigenvalue weighted by Crippen LogP contribution is 2.42. The Morgan fingerprint density at radius 2 is 1.63 bits per heavy atom. The minimum absolute atomic E-state index is 0.00856. The second kappa shape index (κ2) is 7.34. The molecule has 4 nitrogen and oxygen atoms in total. The number of rotatable bonds is 4. The molecule has 1 atom stereocenters. The summed E-state index contributed by atoms with van der Waals surface area (Å²) in [5.41, 5.74) is -2.57. The van der Waals surface area contributed by atoms with Crippen molar-refractivity contribution in [1.82, 2.24) is 14.8 Å². The summed E-state index contributed by atoms with van der Waals surface area (Å²) in [6.07, 6.45) is -0.269. The van der Waals surface area contributed by atoms with Gasteiger partial charge in [0.05, 0.1) is 5.69 Å². The van der Waals surface area contributed by atoms with Crippen LogP contribution < -0.4 is 0 Å². The van der Waals surface area contributed by atoms with Crippen molar-refractivity contribution < 1.29 is 18.3 Å². The Bertz CT molecular complexity index is 937. The monoisotopic (exact) mass is 413 g/mol. The molecule has 9 heteroatoms. The topological polar surface area (TPSA) is 50.9 Å². The molecule has 3 aromatic rings. The van der Waals surface area contributed by atoms with E-state index < -0.39 is 17.3 Å². The predicted molar refractivity (Wildman–Crippen MR) is 96.8 cm³/mol. The molecular formula is C18H12Cl2F3N3O. The Hall–Kier alpha value is -2.35. The SMILES string of the molecule is OC(C=Cc1ccc(-n2cncn2)cc1)(c1cc(Cl)cc(Cl)c1)C(F)(F)F. The van der Waals surface area contributed by atoms with Crippen molar-refractivity contribution in [1.29, 1.82) is 0 Å². The lowest BCUT2D eigenvalue weighted by Crippen LogP contribution is -2.40. The fourth-order valence-electron chi connectivity index (χ4n) is 2.42. The number of hydrogen-bond donors (Lipinski definition) is 1. The van der Waals surface area contributed by atoms with Gasteiger partial charge in [-0.25, -0.2) is 9.67 Å². The van der Waals surface area contributed by atoms with Crippen molar-refractivity contribution in [2.75, 3.05) is 0 Å². The lowest BCUT2D eigenvalue weighted by atomic mass is 9.92. The van der Waals surface area contributed by atoms with E-state index in [2.05, 4.69) is 10.1 Å². The van der Waals surface area contributed by atoms with Crippen molar-refractivity contribution in [3.05, 3.63) is 82.4 Å². The smallest absolute Gasteiger partial charge is 0.373 e. The number of halogens is 5. The molecular weight excluding hydrogens is 402 g/mol. The van der Waals surface area contributed by atoms with Crippen LogP contribution in [0.5, 0.6) is 0 Å². The maximum Gasteiger partial charge on any atom is 0.425 e. The zero-order valence-corrected chi connectivity index (χ0v) is 15.0. The molecule has 0 aliphatic heterocycles. The van der Waals surface area contributed by atoms with Crippen molar-refractivity contribution in [2.24, 2.45) is 0 Å². The molecule has 1 aromatic heterocycles. The summed E-state index contributed by atoms with van der Waals surface area (Å²) in [5, 5.41) is 14.3. The van der Waals surface area contributed by atoms with E-state index in [4.69, 9.17) is 23.2 Å². The molecule has 1 N–H and O–H groups in total. The summed E-state index contributed by atoms with van der Waals surface area (Å²) in [6, 6.07) is 9.85. The van der Waals surface area contributed by atoms with Gasteiger partial charge in [0.25, 0.3) is 0 Å². The molecule has 1 unspecified atom stereocenters. The van der Waals surface area contributed by atoms with E-state index in [9.17, 15) is 18.3 Å². The van der Waals surface area contributed by atoms with E-state index in [1.165, 1.54) is 29.5 Å². The second-order valence-corrected chi connectivity index (χ2v) is 6.56. The van der Waals surface area contributed by atoms with Crippen molar-refractivity contribution >= 4 is 29.3 Å². The highest BCUT2D eigenvalue weighted by Gasteiger charge is 2.53. The lowest BCUT2D eigenvalue weighted by molar-refractivity contribution is -0.244. The molecule has 0 fully saturated rings. The minimum atomic E-state index is -4.97. The average molecular weight is 414 g/mol. The first-order valence-electron chi connectivity index (χ1n) is 7.59. The van der Waals surface area contributed by atoms with Crippen LogP contribution in [-0.2, 0) is 5.60 Å². The van der Waals surface area contributed by atoms with Gasteiger partial charge in [-0.3, -0.25) is 0 Å². The van der Waals surface area contributed by atoms with Gasteiger partial charge in [-0.1, -0.05) is 41.4 Å². The minimum Gasteiger partial charge on any atom is -0.373 e. The number of aliphatic hydroxyl groups is 1. The summed E-state index contributed by atoms with van der Waals surface area (Å²) in [5.74, 6) is 0. The lowest BCUT2D eigenvalue weighted by Gasteiger charge is -2.28. The predicted octanol–water partition coefficient (Wildman–Crippen LogP) is 5.04. The van der Waals surface area contributed by atoms with Gasteiger partial charge < -0.3 is 5.11 Å². The van der Waals surface area contributed by atoms with Crippen LogP contribution in [-0.4, -0.2) is 26.0 Å². The van der Waals surface area contributed by atoms with Crippen LogP contribution in [0.25, 0.3) is 11.8 Å². The Balaban J connectivity index is 1.95. The number of aromatic nitrogens is 3. The Labute approximate surface area is 162 Å². The van der Waals surface area contributed by atoms with Crippen LogP contribution in [0.3, 0.4) is 0 Å². The number of alkyl halides is 3. The molecule has 1 heterocycles. The molecule has 0 saturated carbocycles. The van der Waals surface area contributed by atoms with Crippen LogP contribution in [0.2, 0.25) is 10.0 Å². The van der Waals surface area contributed by atoms with E-state index in [1.54, 1.807) is 24.3 Å². The van der Waals surface area contributed by atoms with E-state index >= 15 is 0 Å². The van der Waals surface area contributed by atoms with Gasteiger partial charge in [0.1, 0.15) is 12.7 Å². The van der Waals surface area contributed by atoms with Crippen molar-refractivity contribution in [3.8, 4) is 5.69 Å². The summed E-state index contributed by atoms with van der Waals surface area (Å²) in [7, 11) is 0. The third-order valence-electron chi connectivity index (χ3n) is 3.83. The van der Waals surface area contributed by atoms with E-state index in [1.807, 2.05) is 0 Å². The maximum atomic E-state index is 13.6. The van der Waals surface area contributed by atoms with Gasteiger partial charge >= 0.3 is 6.18 Å². The quantitative estimate of drug-likeness (QED) is 0.651. The fourth-order valence-corrected chi connectivity index (χ4v) is 2.95. The zero-order chi connectivity index (χ0) is 19.7. The largest absolute Gasteiger partial charge is 0.425 e. The van der Waals surface area contributed by atoms with Gasteiger partial charge in [0.15, 0.2) is 0 Å². The van der Waals surface area contributed by atoms with Crippen LogP contribution in [0.15, 0.2) is 61.2 Å².